The van der Waals surface area contributed by atoms with Crippen LogP contribution in [0.1, 0.15) is 26.7 Å². The van der Waals surface area contributed by atoms with Gasteiger partial charge < -0.3 is 0 Å². The maximum absolute atomic E-state index is 11.4. The molecule has 0 aliphatic carbocycles. The molecule has 0 aromatic carbocycles. The van der Waals surface area contributed by atoms with Gasteiger partial charge in [0.15, 0.2) is 0 Å². The topological polar surface area (TPSA) is 37.4 Å². The third-order valence-corrected chi connectivity index (χ3v) is 4.60. The first kappa shape index (κ1) is 11.3. The lowest BCUT2D eigenvalue weighted by atomic mass is 9.85. The van der Waals surface area contributed by atoms with Crippen molar-refractivity contribution in [1.29, 1.82) is 0 Å². The number of nitrogens with zero attached hydrogens (tertiary/aromatic N) is 1. The molecule has 5 heteroatoms. The standard InChI is InChI=1S/C8H16ClNO2S/c1-8(2)4-3-5-10(6-8)13(11,12)7-9/h3-7H2,1-2H3. The molecule has 0 unspecified atom stereocenters. The van der Waals surface area contributed by atoms with E-state index in [0.717, 1.165) is 12.8 Å². The third-order valence-electron chi connectivity index (χ3n) is 2.40. The van der Waals surface area contributed by atoms with Crippen LogP contribution in [-0.4, -0.2) is 31.0 Å². The Bertz CT molecular complexity index is 274. The van der Waals surface area contributed by atoms with Gasteiger partial charge in [0.05, 0.1) is 0 Å². The van der Waals surface area contributed by atoms with Crippen molar-refractivity contribution in [3.63, 3.8) is 0 Å². The fourth-order valence-electron chi connectivity index (χ4n) is 1.68. The minimum Gasteiger partial charge on any atom is -0.211 e. The summed E-state index contributed by atoms with van der Waals surface area (Å²) in [5.74, 6) is 0. The average molecular weight is 226 g/mol. The summed E-state index contributed by atoms with van der Waals surface area (Å²) in [5, 5.41) is -0.302. The lowest BCUT2D eigenvalue weighted by Gasteiger charge is -2.36. The quantitative estimate of drug-likeness (QED) is 0.670. The van der Waals surface area contributed by atoms with Gasteiger partial charge >= 0.3 is 0 Å². The van der Waals surface area contributed by atoms with E-state index in [1.165, 1.54) is 4.31 Å². The maximum atomic E-state index is 11.4. The van der Waals surface area contributed by atoms with Crippen LogP contribution >= 0.6 is 11.6 Å². The second-order valence-corrected chi connectivity index (χ2v) is 6.88. The molecule has 3 nitrogen and oxygen atoms in total. The Balaban J connectivity index is 2.73. The minimum atomic E-state index is -3.19. The summed E-state index contributed by atoms with van der Waals surface area (Å²) >= 11 is 5.39. The summed E-state index contributed by atoms with van der Waals surface area (Å²) in [5.41, 5.74) is 0.0946. The summed E-state index contributed by atoms with van der Waals surface area (Å²) in [6, 6.07) is 0. The number of halogens is 1. The van der Waals surface area contributed by atoms with Crippen molar-refractivity contribution in [3.8, 4) is 0 Å². The Morgan fingerprint density at radius 3 is 2.54 bits per heavy atom. The molecule has 1 saturated heterocycles. The molecule has 0 aromatic rings. The highest BCUT2D eigenvalue weighted by Crippen LogP contribution is 2.29. The van der Waals surface area contributed by atoms with Gasteiger partial charge in [-0.2, -0.15) is 0 Å². The Labute approximate surface area is 85.1 Å². The molecule has 0 saturated carbocycles. The van der Waals surface area contributed by atoms with Crippen LogP contribution in [0.25, 0.3) is 0 Å². The number of hydrogen-bond acceptors (Lipinski definition) is 2. The van der Waals surface area contributed by atoms with Crippen LogP contribution in [-0.2, 0) is 10.0 Å². The molecular weight excluding hydrogens is 210 g/mol. The average Bonchev–Trinajstić information content (AvgIpc) is 2.03. The Kier molecular flexibility index (Phi) is 3.25. The molecule has 78 valence electrons. The smallest absolute Gasteiger partial charge is 0.211 e. The van der Waals surface area contributed by atoms with Crippen LogP contribution in [0.2, 0.25) is 0 Å². The first-order valence-electron chi connectivity index (χ1n) is 4.41. The molecule has 0 atom stereocenters. The fourth-order valence-corrected chi connectivity index (χ4v) is 3.18. The largest absolute Gasteiger partial charge is 0.228 e. The molecule has 13 heavy (non-hydrogen) atoms. The van der Waals surface area contributed by atoms with Crippen LogP contribution in [0, 0.1) is 5.41 Å². The Morgan fingerprint density at radius 2 is 2.08 bits per heavy atom. The lowest BCUT2D eigenvalue weighted by Crippen LogP contribution is -2.43. The number of rotatable bonds is 2. The number of alkyl halides is 1. The van der Waals surface area contributed by atoms with Crippen LogP contribution < -0.4 is 0 Å². The molecule has 1 heterocycles. The van der Waals surface area contributed by atoms with Crippen molar-refractivity contribution in [2.45, 2.75) is 26.7 Å². The lowest BCUT2D eigenvalue weighted by molar-refractivity contribution is 0.187. The molecule has 1 aliphatic heterocycles. The second kappa shape index (κ2) is 3.75. The van der Waals surface area contributed by atoms with Gasteiger partial charge in [-0.25, -0.2) is 12.7 Å². The Hall–Kier alpha value is 0.200. The van der Waals surface area contributed by atoms with Crippen molar-refractivity contribution in [1.82, 2.24) is 4.31 Å². The maximum Gasteiger partial charge on any atom is 0.228 e. The first-order chi connectivity index (χ1) is 5.87. The zero-order valence-electron chi connectivity index (χ0n) is 8.09. The highest BCUT2D eigenvalue weighted by atomic mass is 35.5. The van der Waals surface area contributed by atoms with Crippen molar-refractivity contribution in [3.05, 3.63) is 0 Å². The SMILES string of the molecule is CC1(C)CCCN(S(=O)(=O)CCl)C1. The molecule has 1 aliphatic rings. The molecule has 0 amide bonds. The van der Waals surface area contributed by atoms with Crippen LogP contribution in [0.4, 0.5) is 0 Å². The Morgan fingerprint density at radius 1 is 1.46 bits per heavy atom. The summed E-state index contributed by atoms with van der Waals surface area (Å²) in [4.78, 5) is 0. The first-order valence-corrected chi connectivity index (χ1v) is 6.56. The van der Waals surface area contributed by atoms with E-state index in [-0.39, 0.29) is 10.6 Å². The van der Waals surface area contributed by atoms with E-state index < -0.39 is 10.0 Å². The molecule has 0 aromatic heterocycles. The van der Waals surface area contributed by atoms with E-state index in [1.54, 1.807) is 0 Å². The van der Waals surface area contributed by atoms with Crippen LogP contribution in [0.5, 0.6) is 0 Å². The van der Waals surface area contributed by atoms with Gasteiger partial charge in [0.2, 0.25) is 10.0 Å². The van der Waals surface area contributed by atoms with Crippen molar-refractivity contribution in [2.75, 3.05) is 18.3 Å². The zero-order chi connectivity index (χ0) is 10.1. The summed E-state index contributed by atoms with van der Waals surface area (Å²) in [7, 11) is -3.19. The fraction of sp³-hybridized carbons (Fsp3) is 1.00. The van der Waals surface area contributed by atoms with Crippen molar-refractivity contribution in [2.24, 2.45) is 5.41 Å². The monoisotopic (exact) mass is 225 g/mol. The highest BCUT2D eigenvalue weighted by molar-refractivity contribution is 7.90. The van der Waals surface area contributed by atoms with Gasteiger partial charge in [0.25, 0.3) is 0 Å². The molecular formula is C8H16ClNO2S. The van der Waals surface area contributed by atoms with E-state index >= 15 is 0 Å². The zero-order valence-corrected chi connectivity index (χ0v) is 9.66. The van der Waals surface area contributed by atoms with E-state index in [2.05, 4.69) is 13.8 Å². The molecule has 1 fully saturated rings. The minimum absolute atomic E-state index is 0.0946. The van der Waals surface area contributed by atoms with E-state index in [1.807, 2.05) is 0 Å². The van der Waals surface area contributed by atoms with Crippen LogP contribution in [0.3, 0.4) is 0 Å². The summed E-state index contributed by atoms with van der Waals surface area (Å²) < 4.78 is 24.4. The number of sulfonamides is 1. The van der Waals surface area contributed by atoms with E-state index in [9.17, 15) is 8.42 Å². The molecule has 0 bridgehead atoms. The van der Waals surface area contributed by atoms with Gasteiger partial charge in [-0.3, -0.25) is 0 Å². The van der Waals surface area contributed by atoms with Crippen molar-refractivity contribution >= 4 is 21.6 Å². The molecule has 0 spiro atoms. The summed E-state index contributed by atoms with van der Waals surface area (Å²) in [6.45, 7) is 5.40. The predicted octanol–water partition coefficient (Wildman–Crippen LogP) is 1.63. The molecule has 0 radical (unpaired) electrons. The second-order valence-electron chi connectivity index (χ2n) is 4.32. The third kappa shape index (κ3) is 2.82. The summed E-state index contributed by atoms with van der Waals surface area (Å²) in [6.07, 6.45) is 2.02. The van der Waals surface area contributed by atoms with Gasteiger partial charge in [-0.15, -0.1) is 11.6 Å². The normalized spacial score (nSPS) is 24.5. The van der Waals surface area contributed by atoms with Crippen LogP contribution in [0.15, 0.2) is 0 Å². The predicted molar refractivity (Wildman–Crippen MR) is 54.2 cm³/mol. The number of piperidine rings is 1. The molecule has 1 rings (SSSR count). The van der Waals surface area contributed by atoms with E-state index in [4.69, 9.17) is 11.6 Å². The highest BCUT2D eigenvalue weighted by Gasteiger charge is 2.32. The van der Waals surface area contributed by atoms with E-state index in [0.29, 0.717) is 13.1 Å². The van der Waals surface area contributed by atoms with Gasteiger partial charge in [0, 0.05) is 13.1 Å². The number of hydrogen-bond donors (Lipinski definition) is 0. The van der Waals surface area contributed by atoms with Gasteiger partial charge in [-0.05, 0) is 18.3 Å². The van der Waals surface area contributed by atoms with Crippen molar-refractivity contribution < 1.29 is 8.42 Å². The van der Waals surface area contributed by atoms with Gasteiger partial charge in [0.1, 0.15) is 5.21 Å². The molecule has 0 N–H and O–H groups in total. The van der Waals surface area contributed by atoms with Gasteiger partial charge in [-0.1, -0.05) is 13.8 Å².